The Morgan fingerprint density at radius 3 is 2.50 bits per heavy atom. The third kappa shape index (κ3) is 3.27. The Labute approximate surface area is 114 Å². The molecule has 0 aromatic rings. The molecule has 3 unspecified atom stereocenters. The standard InChI is InChI=1S/C16H32N2/c1-6-7-14-11-18(10-13-8-16(13,4)5)15(9-17-14)12(2)3/h12-15,17H,6-11H2,1-5H3. The molecule has 0 amide bonds. The van der Waals surface area contributed by atoms with Gasteiger partial charge in [0.05, 0.1) is 0 Å². The lowest BCUT2D eigenvalue weighted by Crippen LogP contribution is -2.58. The predicted octanol–water partition coefficient (Wildman–Crippen LogP) is 3.13. The Balaban J connectivity index is 1.92. The van der Waals surface area contributed by atoms with E-state index in [1.165, 1.54) is 38.9 Å². The van der Waals surface area contributed by atoms with Gasteiger partial charge in [0.1, 0.15) is 0 Å². The van der Waals surface area contributed by atoms with Gasteiger partial charge in [-0.05, 0) is 30.1 Å². The van der Waals surface area contributed by atoms with E-state index in [1.54, 1.807) is 0 Å². The predicted molar refractivity (Wildman–Crippen MR) is 78.8 cm³/mol. The molecule has 18 heavy (non-hydrogen) atoms. The number of hydrogen-bond donors (Lipinski definition) is 1. The quantitative estimate of drug-likeness (QED) is 0.809. The van der Waals surface area contributed by atoms with Crippen molar-refractivity contribution < 1.29 is 0 Å². The van der Waals surface area contributed by atoms with E-state index in [0.717, 1.165) is 23.9 Å². The molecule has 0 aromatic carbocycles. The second kappa shape index (κ2) is 5.50. The van der Waals surface area contributed by atoms with Crippen molar-refractivity contribution in [2.45, 2.75) is 66.0 Å². The molecule has 1 aliphatic carbocycles. The van der Waals surface area contributed by atoms with Crippen LogP contribution in [0.5, 0.6) is 0 Å². The molecule has 2 nitrogen and oxygen atoms in total. The molecule has 1 aliphatic heterocycles. The lowest BCUT2D eigenvalue weighted by atomic mass is 9.96. The summed E-state index contributed by atoms with van der Waals surface area (Å²) in [6.07, 6.45) is 4.06. The fourth-order valence-electron chi connectivity index (χ4n) is 3.48. The molecule has 0 bridgehead atoms. The Bertz CT molecular complexity index is 272. The van der Waals surface area contributed by atoms with E-state index < -0.39 is 0 Å². The zero-order valence-corrected chi connectivity index (χ0v) is 13.0. The van der Waals surface area contributed by atoms with Gasteiger partial charge in [0.25, 0.3) is 0 Å². The summed E-state index contributed by atoms with van der Waals surface area (Å²) in [6.45, 7) is 15.7. The van der Waals surface area contributed by atoms with Crippen molar-refractivity contribution in [3.63, 3.8) is 0 Å². The molecule has 2 aliphatic rings. The van der Waals surface area contributed by atoms with Crippen LogP contribution in [0.3, 0.4) is 0 Å². The zero-order valence-electron chi connectivity index (χ0n) is 13.0. The summed E-state index contributed by atoms with van der Waals surface area (Å²) in [5, 5.41) is 3.75. The maximum Gasteiger partial charge on any atom is 0.0244 e. The second-order valence-electron chi connectivity index (χ2n) is 7.55. The highest BCUT2D eigenvalue weighted by Gasteiger charge is 2.47. The van der Waals surface area contributed by atoms with Crippen LogP contribution in [0.1, 0.15) is 53.9 Å². The smallest absolute Gasteiger partial charge is 0.0244 e. The van der Waals surface area contributed by atoms with Crippen LogP contribution in [-0.4, -0.2) is 36.6 Å². The molecule has 0 radical (unpaired) electrons. The molecule has 0 spiro atoms. The van der Waals surface area contributed by atoms with Gasteiger partial charge >= 0.3 is 0 Å². The highest BCUT2D eigenvalue weighted by atomic mass is 15.2. The van der Waals surface area contributed by atoms with Crippen molar-refractivity contribution in [2.24, 2.45) is 17.3 Å². The lowest BCUT2D eigenvalue weighted by Gasteiger charge is -2.43. The van der Waals surface area contributed by atoms with Gasteiger partial charge < -0.3 is 5.32 Å². The van der Waals surface area contributed by atoms with Crippen LogP contribution in [0.25, 0.3) is 0 Å². The van der Waals surface area contributed by atoms with Gasteiger partial charge in [-0.1, -0.05) is 41.0 Å². The van der Waals surface area contributed by atoms with Gasteiger partial charge in [-0.3, -0.25) is 4.90 Å². The topological polar surface area (TPSA) is 15.3 Å². The average molecular weight is 252 g/mol. The lowest BCUT2D eigenvalue weighted by molar-refractivity contribution is 0.0872. The maximum atomic E-state index is 3.75. The van der Waals surface area contributed by atoms with E-state index >= 15 is 0 Å². The minimum absolute atomic E-state index is 0.618. The van der Waals surface area contributed by atoms with E-state index in [0.29, 0.717) is 5.41 Å². The van der Waals surface area contributed by atoms with Crippen molar-refractivity contribution in [1.29, 1.82) is 0 Å². The SMILES string of the molecule is CCCC1CN(CC2CC2(C)C)C(C(C)C)CN1. The highest BCUT2D eigenvalue weighted by Crippen LogP contribution is 2.52. The summed E-state index contributed by atoms with van der Waals surface area (Å²) in [7, 11) is 0. The number of nitrogens with one attached hydrogen (secondary N) is 1. The summed E-state index contributed by atoms with van der Waals surface area (Å²) in [4.78, 5) is 2.79. The number of nitrogens with zero attached hydrogens (tertiary/aromatic N) is 1. The first-order chi connectivity index (χ1) is 8.44. The van der Waals surface area contributed by atoms with Crippen molar-refractivity contribution in [3.8, 4) is 0 Å². The first-order valence-corrected chi connectivity index (χ1v) is 7.91. The maximum absolute atomic E-state index is 3.75. The molecule has 2 heteroatoms. The van der Waals surface area contributed by atoms with Crippen molar-refractivity contribution >= 4 is 0 Å². The Morgan fingerprint density at radius 2 is 2.00 bits per heavy atom. The van der Waals surface area contributed by atoms with Crippen LogP contribution < -0.4 is 5.32 Å². The van der Waals surface area contributed by atoms with Crippen LogP contribution in [0.15, 0.2) is 0 Å². The van der Waals surface area contributed by atoms with Gasteiger partial charge in [0, 0.05) is 31.7 Å². The molecule has 1 saturated carbocycles. The number of piperazine rings is 1. The molecule has 1 heterocycles. The van der Waals surface area contributed by atoms with Crippen molar-refractivity contribution in [2.75, 3.05) is 19.6 Å². The average Bonchev–Trinajstić information content (AvgIpc) is 2.86. The van der Waals surface area contributed by atoms with E-state index in [1.807, 2.05) is 0 Å². The fraction of sp³-hybridized carbons (Fsp3) is 1.00. The Hall–Kier alpha value is -0.0800. The molecular formula is C16H32N2. The minimum Gasteiger partial charge on any atom is -0.311 e. The molecular weight excluding hydrogens is 220 g/mol. The van der Waals surface area contributed by atoms with Crippen LogP contribution in [0, 0.1) is 17.3 Å². The monoisotopic (exact) mass is 252 g/mol. The van der Waals surface area contributed by atoms with E-state index in [2.05, 4.69) is 44.8 Å². The fourth-order valence-corrected chi connectivity index (χ4v) is 3.48. The van der Waals surface area contributed by atoms with Crippen LogP contribution in [0.2, 0.25) is 0 Å². The molecule has 2 fully saturated rings. The van der Waals surface area contributed by atoms with Gasteiger partial charge in [0.15, 0.2) is 0 Å². The normalized spacial score (nSPS) is 36.0. The third-order valence-corrected chi connectivity index (χ3v) is 5.12. The summed E-state index contributed by atoms with van der Waals surface area (Å²) >= 11 is 0. The minimum atomic E-state index is 0.618. The summed E-state index contributed by atoms with van der Waals surface area (Å²) in [5.41, 5.74) is 0.618. The van der Waals surface area contributed by atoms with Crippen LogP contribution in [0.4, 0.5) is 0 Å². The third-order valence-electron chi connectivity index (χ3n) is 5.12. The molecule has 2 rings (SSSR count). The van der Waals surface area contributed by atoms with Gasteiger partial charge in [-0.2, -0.15) is 0 Å². The van der Waals surface area contributed by atoms with Crippen molar-refractivity contribution in [3.05, 3.63) is 0 Å². The zero-order chi connectivity index (χ0) is 13.3. The Kier molecular flexibility index (Phi) is 4.38. The number of rotatable bonds is 5. The second-order valence-corrected chi connectivity index (χ2v) is 7.55. The van der Waals surface area contributed by atoms with Gasteiger partial charge in [-0.25, -0.2) is 0 Å². The summed E-state index contributed by atoms with van der Waals surface area (Å²) < 4.78 is 0. The van der Waals surface area contributed by atoms with Gasteiger partial charge in [0.2, 0.25) is 0 Å². The summed E-state index contributed by atoms with van der Waals surface area (Å²) in [6, 6.07) is 1.47. The molecule has 1 saturated heterocycles. The van der Waals surface area contributed by atoms with Gasteiger partial charge in [-0.15, -0.1) is 0 Å². The molecule has 3 atom stereocenters. The van der Waals surface area contributed by atoms with E-state index in [4.69, 9.17) is 0 Å². The first-order valence-electron chi connectivity index (χ1n) is 7.91. The Morgan fingerprint density at radius 1 is 1.33 bits per heavy atom. The van der Waals surface area contributed by atoms with Crippen LogP contribution >= 0.6 is 0 Å². The summed E-state index contributed by atoms with van der Waals surface area (Å²) in [5.74, 6) is 1.71. The largest absolute Gasteiger partial charge is 0.311 e. The highest BCUT2D eigenvalue weighted by molar-refractivity contribution is 4.99. The first kappa shape index (κ1) is 14.3. The molecule has 0 aromatic heterocycles. The molecule has 1 N–H and O–H groups in total. The number of hydrogen-bond acceptors (Lipinski definition) is 2. The van der Waals surface area contributed by atoms with Crippen molar-refractivity contribution in [1.82, 2.24) is 10.2 Å². The van der Waals surface area contributed by atoms with E-state index in [-0.39, 0.29) is 0 Å². The van der Waals surface area contributed by atoms with Crippen LogP contribution in [-0.2, 0) is 0 Å². The van der Waals surface area contributed by atoms with E-state index in [9.17, 15) is 0 Å². The molecule has 106 valence electrons.